The Morgan fingerprint density at radius 2 is 1.64 bits per heavy atom. The molecule has 0 spiro atoms. The number of anilines is 1. The first-order valence-corrected chi connectivity index (χ1v) is 13.8. The summed E-state index contributed by atoms with van der Waals surface area (Å²) in [5.41, 5.74) is 1.64. The van der Waals surface area contributed by atoms with Crippen molar-refractivity contribution in [1.29, 1.82) is 0 Å². The summed E-state index contributed by atoms with van der Waals surface area (Å²) in [6.07, 6.45) is 2.86. The van der Waals surface area contributed by atoms with Crippen LogP contribution >= 0.6 is 11.6 Å². The first-order chi connectivity index (χ1) is 18.7. The van der Waals surface area contributed by atoms with Crippen LogP contribution in [0.5, 0.6) is 11.5 Å². The molecule has 14 heteroatoms. The number of rotatable bonds is 9. The zero-order chi connectivity index (χ0) is 27.7. The van der Waals surface area contributed by atoms with Gasteiger partial charge in [-0.1, -0.05) is 42.8 Å². The van der Waals surface area contributed by atoms with Crippen molar-refractivity contribution in [3.63, 3.8) is 0 Å². The Morgan fingerprint density at radius 3 is 2.31 bits per heavy atom. The topological polar surface area (TPSA) is 150 Å². The van der Waals surface area contributed by atoms with Gasteiger partial charge in [0.25, 0.3) is 0 Å². The van der Waals surface area contributed by atoms with Crippen LogP contribution in [0, 0.1) is 0 Å². The third-order valence-corrected chi connectivity index (χ3v) is 8.49. The maximum Gasteiger partial charge on any atom is 0.243 e. The average molecular weight is 569 g/mol. The van der Waals surface area contributed by atoms with Gasteiger partial charge in [-0.15, -0.1) is 10.2 Å². The van der Waals surface area contributed by atoms with E-state index in [1.165, 1.54) is 31.2 Å². The Bertz CT molecular complexity index is 1710. The molecule has 0 amide bonds. The first kappa shape index (κ1) is 26.4. The predicted molar refractivity (Wildman–Crippen MR) is 147 cm³/mol. The number of hydrogen-bond acceptors (Lipinski definition) is 9. The van der Waals surface area contributed by atoms with Gasteiger partial charge in [-0.2, -0.15) is 5.10 Å². The number of halogens is 1. The number of nitrogens with one attached hydrogen (secondary N) is 2. The molecule has 0 radical (unpaired) electrons. The number of aromatic nitrogens is 7. The summed E-state index contributed by atoms with van der Waals surface area (Å²) in [6, 6.07) is 12.7. The third-order valence-electron chi connectivity index (χ3n) is 6.45. The molecule has 202 valence electrons. The Morgan fingerprint density at radius 1 is 0.974 bits per heavy atom. The molecule has 0 aliphatic carbocycles. The molecule has 0 bridgehead atoms. The van der Waals surface area contributed by atoms with Crippen LogP contribution in [-0.2, 0) is 10.0 Å². The molecule has 0 aliphatic heterocycles. The van der Waals surface area contributed by atoms with Crippen molar-refractivity contribution in [2.75, 3.05) is 18.9 Å². The number of fused-ring (bicyclic) bond motifs is 1. The Hall–Kier alpha value is -4.23. The van der Waals surface area contributed by atoms with Crippen molar-refractivity contribution < 1.29 is 17.9 Å². The Kier molecular flexibility index (Phi) is 7.10. The van der Waals surface area contributed by atoms with Crippen LogP contribution in [0.1, 0.15) is 25.6 Å². The van der Waals surface area contributed by atoms with E-state index in [9.17, 15) is 8.42 Å². The van der Waals surface area contributed by atoms with Gasteiger partial charge in [-0.3, -0.25) is 14.4 Å². The van der Waals surface area contributed by atoms with Gasteiger partial charge >= 0.3 is 0 Å². The van der Waals surface area contributed by atoms with E-state index in [-0.39, 0.29) is 11.8 Å². The minimum atomic E-state index is -4.03. The second kappa shape index (κ2) is 10.5. The molecule has 0 saturated heterocycles. The van der Waals surface area contributed by atoms with Crippen LogP contribution in [0.4, 0.5) is 5.95 Å². The monoisotopic (exact) mass is 568 g/mol. The number of para-hydroxylation sites is 2. The van der Waals surface area contributed by atoms with E-state index in [0.29, 0.717) is 33.7 Å². The van der Waals surface area contributed by atoms with Crippen LogP contribution < -0.4 is 14.2 Å². The lowest BCUT2D eigenvalue weighted by molar-refractivity contribution is 0.391. The molecule has 3 aromatic heterocycles. The van der Waals surface area contributed by atoms with Gasteiger partial charge < -0.3 is 9.47 Å². The highest BCUT2D eigenvalue weighted by Gasteiger charge is 2.33. The highest BCUT2D eigenvalue weighted by Crippen LogP contribution is 2.39. The molecule has 0 unspecified atom stereocenters. The van der Waals surface area contributed by atoms with E-state index in [0.717, 1.165) is 10.9 Å². The number of benzene rings is 2. The van der Waals surface area contributed by atoms with Crippen molar-refractivity contribution in [1.82, 2.24) is 34.9 Å². The molecule has 0 aliphatic rings. The summed E-state index contributed by atoms with van der Waals surface area (Å²) in [7, 11) is -1.02. The zero-order valence-electron chi connectivity index (χ0n) is 21.5. The van der Waals surface area contributed by atoms with Gasteiger partial charge in [0.1, 0.15) is 28.7 Å². The molecule has 2 aromatic carbocycles. The van der Waals surface area contributed by atoms with Crippen molar-refractivity contribution in [3.05, 3.63) is 65.7 Å². The van der Waals surface area contributed by atoms with Crippen LogP contribution in [0.25, 0.3) is 28.1 Å². The second-order valence-electron chi connectivity index (χ2n) is 8.71. The second-order valence-corrected chi connectivity index (χ2v) is 11.2. The normalized spacial score (nSPS) is 13.3. The van der Waals surface area contributed by atoms with Crippen molar-refractivity contribution >= 4 is 38.5 Å². The highest BCUT2D eigenvalue weighted by molar-refractivity contribution is 7.93. The van der Waals surface area contributed by atoms with Gasteiger partial charge in [0.2, 0.25) is 16.0 Å². The summed E-state index contributed by atoms with van der Waals surface area (Å²) in [6.45, 7) is 3.29. The van der Waals surface area contributed by atoms with E-state index < -0.39 is 21.2 Å². The molecular weight excluding hydrogens is 544 g/mol. The predicted octanol–water partition coefficient (Wildman–Crippen LogP) is 4.21. The van der Waals surface area contributed by atoms with Gasteiger partial charge in [0.15, 0.2) is 5.82 Å². The number of H-pyrrole nitrogens is 1. The average Bonchev–Trinajstić information content (AvgIpc) is 3.55. The maximum absolute atomic E-state index is 13.6. The summed E-state index contributed by atoms with van der Waals surface area (Å²) >= 11 is 5.90. The molecule has 0 fully saturated rings. The molecular formula is C25H25ClN8O4S. The third kappa shape index (κ3) is 4.86. The molecule has 3 heterocycles. The van der Waals surface area contributed by atoms with Gasteiger partial charge in [-0.25, -0.2) is 18.4 Å². The number of ether oxygens (including phenoxy) is 2. The minimum Gasteiger partial charge on any atom is -0.494 e. The summed E-state index contributed by atoms with van der Waals surface area (Å²) < 4.78 is 42.6. The van der Waals surface area contributed by atoms with E-state index in [1.807, 2.05) is 24.3 Å². The van der Waals surface area contributed by atoms with Crippen LogP contribution in [-0.4, -0.2) is 62.8 Å². The smallest absolute Gasteiger partial charge is 0.243 e. The first-order valence-electron chi connectivity index (χ1n) is 11.8. The fraction of sp³-hybridized carbons (Fsp3) is 0.240. The highest BCUT2D eigenvalue weighted by atomic mass is 35.5. The molecule has 0 saturated carbocycles. The molecule has 12 nitrogen and oxygen atoms in total. The lowest BCUT2D eigenvalue weighted by atomic mass is 10.1. The number of aromatic amines is 1. The zero-order valence-corrected chi connectivity index (χ0v) is 23.0. The fourth-order valence-corrected chi connectivity index (χ4v) is 5.49. The molecule has 5 aromatic rings. The van der Waals surface area contributed by atoms with Crippen LogP contribution in [0.3, 0.4) is 0 Å². The van der Waals surface area contributed by atoms with Gasteiger partial charge in [0.05, 0.1) is 30.0 Å². The maximum atomic E-state index is 13.6. The number of hydrogen-bond donors (Lipinski definition) is 2. The summed E-state index contributed by atoms with van der Waals surface area (Å²) in [5.74, 6) is 0.796. The van der Waals surface area contributed by atoms with Crippen molar-refractivity contribution in [2.45, 2.75) is 25.0 Å². The lowest BCUT2D eigenvalue weighted by Crippen LogP contribution is -2.31. The SMILES string of the molecule is COc1cccc(OC)c1-n1c(NS(=O)(=O)[C@H](C)[C@@H](C)c2ncc(Cl)cn2)nnc1-c1n[nH]c2ccccc12. The molecule has 5 rings (SSSR count). The molecule has 39 heavy (non-hydrogen) atoms. The Balaban J connectivity index is 1.65. The van der Waals surface area contributed by atoms with E-state index in [4.69, 9.17) is 21.1 Å². The van der Waals surface area contributed by atoms with Crippen LogP contribution in [0.2, 0.25) is 5.02 Å². The number of methoxy groups -OCH3 is 2. The standard InChI is InChI=1S/C25H25ClN8O4S/c1-14(23-27-12-16(26)13-28-23)15(2)39(35,36)33-25-32-31-24(21-17-8-5-6-9-18(17)29-30-21)34(25)22-19(37-3)10-7-11-20(22)38-4/h5-15H,1-4H3,(H,29,30)(H,32,33)/t14-,15-/m1/s1. The summed E-state index contributed by atoms with van der Waals surface area (Å²) in [4.78, 5) is 8.37. The largest absolute Gasteiger partial charge is 0.494 e. The number of nitrogens with zero attached hydrogens (tertiary/aromatic N) is 6. The molecule has 2 N–H and O–H groups in total. The Labute approximate surface area is 229 Å². The lowest BCUT2D eigenvalue weighted by Gasteiger charge is -2.21. The van der Waals surface area contributed by atoms with Crippen LogP contribution in [0.15, 0.2) is 54.9 Å². The van der Waals surface area contributed by atoms with E-state index in [2.05, 4.69) is 35.1 Å². The minimum absolute atomic E-state index is 0.0732. The fourth-order valence-electron chi connectivity index (χ4n) is 4.16. The summed E-state index contributed by atoms with van der Waals surface area (Å²) in [5, 5.41) is 16.2. The van der Waals surface area contributed by atoms with Crippen molar-refractivity contribution in [2.24, 2.45) is 0 Å². The van der Waals surface area contributed by atoms with Gasteiger partial charge in [-0.05, 0) is 25.1 Å². The van der Waals surface area contributed by atoms with Crippen molar-refractivity contribution in [3.8, 4) is 28.7 Å². The molecule has 2 atom stereocenters. The van der Waals surface area contributed by atoms with E-state index >= 15 is 0 Å². The van der Waals surface area contributed by atoms with E-state index in [1.54, 1.807) is 32.0 Å². The van der Waals surface area contributed by atoms with Gasteiger partial charge in [0, 0.05) is 23.7 Å². The quantitative estimate of drug-likeness (QED) is 0.266. The number of sulfonamides is 1.